The molecule has 0 spiro atoms. The number of aromatic nitrogens is 1. The van der Waals surface area contributed by atoms with Crippen LogP contribution in [0.5, 0.6) is 0 Å². The number of anilines is 2. The highest BCUT2D eigenvalue weighted by Gasteiger charge is 2.10. The molecular formula is C22H21F2N5O. The maximum atomic E-state index is 13.6. The van der Waals surface area contributed by atoms with E-state index in [1.54, 1.807) is 6.07 Å². The number of carbonyl (C=O) groups excluding carboxylic acids is 1. The molecule has 0 unspecified atom stereocenters. The van der Waals surface area contributed by atoms with Gasteiger partial charge in [0.25, 0.3) is 0 Å². The highest BCUT2D eigenvalue weighted by atomic mass is 19.1. The minimum Gasteiger partial charge on any atom is -0.369 e. The standard InChI is InChI=1S/C22H21F2N5O/c1-13-4-5-15-10-16(12-25)21(29-20(15)14(13)2)26-8-3-9-27-22(30)28-19-7-6-17(23)11-18(19)24/h4-7,10-11H,3,8-9H2,1-2H3,(H,26,29)(H2,27,28,30). The molecule has 3 N–H and O–H groups in total. The quantitative estimate of drug-likeness (QED) is 0.518. The number of pyridine rings is 1. The molecule has 0 saturated heterocycles. The number of amides is 2. The van der Waals surface area contributed by atoms with E-state index in [1.165, 1.54) is 0 Å². The zero-order valence-corrected chi connectivity index (χ0v) is 16.6. The van der Waals surface area contributed by atoms with Gasteiger partial charge in [0.1, 0.15) is 23.5 Å². The van der Waals surface area contributed by atoms with Crippen molar-refractivity contribution in [2.75, 3.05) is 23.7 Å². The number of nitriles is 1. The Kier molecular flexibility index (Phi) is 6.42. The molecule has 154 valence electrons. The summed E-state index contributed by atoms with van der Waals surface area (Å²) < 4.78 is 26.4. The van der Waals surface area contributed by atoms with Gasteiger partial charge in [0.05, 0.1) is 16.8 Å². The molecule has 2 amide bonds. The summed E-state index contributed by atoms with van der Waals surface area (Å²) in [7, 11) is 0. The van der Waals surface area contributed by atoms with Gasteiger partial charge in [0.2, 0.25) is 0 Å². The van der Waals surface area contributed by atoms with Crippen molar-refractivity contribution in [3.63, 3.8) is 0 Å². The minimum absolute atomic E-state index is 0.100. The van der Waals surface area contributed by atoms with E-state index in [1.807, 2.05) is 26.0 Å². The van der Waals surface area contributed by atoms with Crippen LogP contribution >= 0.6 is 0 Å². The van der Waals surface area contributed by atoms with Crippen LogP contribution in [0.15, 0.2) is 36.4 Å². The molecule has 0 aliphatic rings. The lowest BCUT2D eigenvalue weighted by Crippen LogP contribution is -2.30. The van der Waals surface area contributed by atoms with Crippen molar-refractivity contribution in [3.05, 3.63) is 64.7 Å². The number of halogens is 2. The summed E-state index contributed by atoms with van der Waals surface area (Å²) in [5, 5.41) is 18.4. The molecule has 1 aromatic heterocycles. The van der Waals surface area contributed by atoms with Crippen LogP contribution in [-0.2, 0) is 0 Å². The molecule has 0 aliphatic heterocycles. The molecule has 2 aromatic carbocycles. The molecule has 6 nitrogen and oxygen atoms in total. The van der Waals surface area contributed by atoms with Crippen LogP contribution in [0.2, 0.25) is 0 Å². The number of nitrogens with one attached hydrogen (secondary N) is 3. The summed E-state index contributed by atoms with van der Waals surface area (Å²) in [6, 6.07) is 10.2. The van der Waals surface area contributed by atoms with Gasteiger partial charge in [0, 0.05) is 24.5 Å². The van der Waals surface area contributed by atoms with E-state index in [-0.39, 0.29) is 5.69 Å². The maximum Gasteiger partial charge on any atom is 0.319 e. The van der Waals surface area contributed by atoms with Gasteiger partial charge in [-0.1, -0.05) is 12.1 Å². The van der Waals surface area contributed by atoms with Crippen molar-refractivity contribution in [1.29, 1.82) is 5.26 Å². The number of benzene rings is 2. The van der Waals surface area contributed by atoms with Gasteiger partial charge in [-0.05, 0) is 49.6 Å². The summed E-state index contributed by atoms with van der Waals surface area (Å²) in [5.74, 6) is -1.06. The topological polar surface area (TPSA) is 89.8 Å². The molecule has 0 bridgehead atoms. The lowest BCUT2D eigenvalue weighted by atomic mass is 10.0. The maximum absolute atomic E-state index is 13.6. The Balaban J connectivity index is 1.54. The molecule has 0 atom stereocenters. The van der Waals surface area contributed by atoms with E-state index in [2.05, 4.69) is 27.0 Å². The van der Waals surface area contributed by atoms with Crippen molar-refractivity contribution in [1.82, 2.24) is 10.3 Å². The van der Waals surface area contributed by atoms with E-state index < -0.39 is 17.7 Å². The first-order chi connectivity index (χ1) is 14.4. The number of rotatable bonds is 6. The molecule has 0 radical (unpaired) electrons. The summed E-state index contributed by atoms with van der Waals surface area (Å²) >= 11 is 0. The number of nitrogens with zero attached hydrogens (tertiary/aromatic N) is 2. The van der Waals surface area contributed by atoms with E-state index in [9.17, 15) is 18.8 Å². The lowest BCUT2D eigenvalue weighted by molar-refractivity contribution is 0.252. The molecule has 3 aromatic rings. The largest absolute Gasteiger partial charge is 0.369 e. The third-order valence-corrected chi connectivity index (χ3v) is 4.74. The fourth-order valence-corrected chi connectivity index (χ4v) is 2.96. The summed E-state index contributed by atoms with van der Waals surface area (Å²) in [6.45, 7) is 4.79. The van der Waals surface area contributed by atoms with Gasteiger partial charge in [-0.2, -0.15) is 5.26 Å². The SMILES string of the molecule is Cc1ccc2cc(C#N)c(NCCCNC(=O)Nc3ccc(F)cc3F)nc2c1C. The Labute approximate surface area is 172 Å². The van der Waals surface area contributed by atoms with Gasteiger partial charge in [-0.15, -0.1) is 0 Å². The number of fused-ring (bicyclic) bond motifs is 1. The van der Waals surface area contributed by atoms with Crippen molar-refractivity contribution in [2.45, 2.75) is 20.3 Å². The fraction of sp³-hybridized carbons (Fsp3) is 0.227. The normalized spacial score (nSPS) is 10.5. The van der Waals surface area contributed by atoms with Crippen LogP contribution in [0, 0.1) is 36.8 Å². The predicted octanol–water partition coefficient (Wildman–Crippen LogP) is 4.63. The van der Waals surface area contributed by atoms with Crippen LogP contribution in [-0.4, -0.2) is 24.1 Å². The second kappa shape index (κ2) is 9.18. The first kappa shape index (κ1) is 21.0. The van der Waals surface area contributed by atoms with Crippen LogP contribution in [0.25, 0.3) is 10.9 Å². The van der Waals surface area contributed by atoms with Gasteiger partial charge in [-0.25, -0.2) is 18.6 Å². The van der Waals surface area contributed by atoms with Crippen molar-refractivity contribution >= 4 is 28.4 Å². The summed E-state index contributed by atoms with van der Waals surface area (Å²) in [5.41, 5.74) is 3.38. The summed E-state index contributed by atoms with van der Waals surface area (Å²) in [4.78, 5) is 16.4. The molecule has 8 heteroatoms. The van der Waals surface area contributed by atoms with Crippen LogP contribution < -0.4 is 16.0 Å². The second-order valence-electron chi connectivity index (χ2n) is 6.86. The van der Waals surface area contributed by atoms with Crippen molar-refractivity contribution in [3.8, 4) is 6.07 Å². The highest BCUT2D eigenvalue weighted by Crippen LogP contribution is 2.24. The molecule has 0 saturated carbocycles. The molecule has 0 fully saturated rings. The predicted molar refractivity (Wildman–Crippen MR) is 112 cm³/mol. The monoisotopic (exact) mass is 409 g/mol. The zero-order valence-electron chi connectivity index (χ0n) is 16.6. The smallest absolute Gasteiger partial charge is 0.319 e. The number of aryl methyl sites for hydroxylation is 2. The van der Waals surface area contributed by atoms with Crippen molar-refractivity contribution < 1.29 is 13.6 Å². The lowest BCUT2D eigenvalue weighted by Gasteiger charge is -2.12. The number of hydrogen-bond donors (Lipinski definition) is 3. The minimum atomic E-state index is -0.844. The molecule has 30 heavy (non-hydrogen) atoms. The Morgan fingerprint density at radius 1 is 1.13 bits per heavy atom. The Hall–Kier alpha value is -3.73. The fourth-order valence-electron chi connectivity index (χ4n) is 2.96. The van der Waals surface area contributed by atoms with Gasteiger partial charge in [-0.3, -0.25) is 0 Å². The average Bonchev–Trinajstić information content (AvgIpc) is 2.72. The Morgan fingerprint density at radius 2 is 1.93 bits per heavy atom. The zero-order chi connectivity index (χ0) is 21.7. The first-order valence-corrected chi connectivity index (χ1v) is 9.44. The van der Waals surface area contributed by atoms with Crippen LogP contribution in [0.1, 0.15) is 23.1 Å². The van der Waals surface area contributed by atoms with Gasteiger partial charge in [0.15, 0.2) is 0 Å². The van der Waals surface area contributed by atoms with Gasteiger partial charge < -0.3 is 16.0 Å². The molecule has 0 aliphatic carbocycles. The number of carbonyl (C=O) groups is 1. The van der Waals surface area contributed by atoms with E-state index in [0.29, 0.717) is 37.0 Å². The Bertz CT molecular complexity index is 1140. The number of hydrogen-bond acceptors (Lipinski definition) is 4. The highest BCUT2D eigenvalue weighted by molar-refractivity contribution is 5.89. The van der Waals surface area contributed by atoms with E-state index >= 15 is 0 Å². The van der Waals surface area contributed by atoms with E-state index in [4.69, 9.17) is 0 Å². The Morgan fingerprint density at radius 3 is 2.67 bits per heavy atom. The molecular weight excluding hydrogens is 388 g/mol. The van der Waals surface area contributed by atoms with E-state index in [0.717, 1.165) is 34.2 Å². The third kappa shape index (κ3) is 4.81. The summed E-state index contributed by atoms with van der Waals surface area (Å²) in [6.07, 6.45) is 0.552. The molecule has 1 heterocycles. The third-order valence-electron chi connectivity index (χ3n) is 4.74. The average molecular weight is 409 g/mol. The number of urea groups is 1. The van der Waals surface area contributed by atoms with Gasteiger partial charge >= 0.3 is 6.03 Å². The first-order valence-electron chi connectivity index (χ1n) is 9.44. The second-order valence-corrected chi connectivity index (χ2v) is 6.86. The van der Waals surface area contributed by atoms with Crippen LogP contribution in [0.4, 0.5) is 25.1 Å². The van der Waals surface area contributed by atoms with Crippen molar-refractivity contribution in [2.24, 2.45) is 0 Å². The molecule has 3 rings (SSSR count). The van der Waals surface area contributed by atoms with Crippen LogP contribution in [0.3, 0.4) is 0 Å².